The summed E-state index contributed by atoms with van der Waals surface area (Å²) in [5.74, 6) is 0. The molecule has 1 fully saturated rings. The first kappa shape index (κ1) is 8.97. The van der Waals surface area contributed by atoms with Crippen molar-refractivity contribution in [2.45, 2.75) is 25.4 Å². The molecule has 1 aliphatic heterocycles. The zero-order valence-corrected chi connectivity index (χ0v) is 7.21. The van der Waals surface area contributed by atoms with Crippen LogP contribution in [0.25, 0.3) is 0 Å². The number of rotatable bonds is 3. The van der Waals surface area contributed by atoms with E-state index in [1.54, 1.807) is 0 Å². The normalized spacial score (nSPS) is 33.0. The van der Waals surface area contributed by atoms with Crippen LogP contribution in [-0.4, -0.2) is 41.8 Å². The van der Waals surface area contributed by atoms with Gasteiger partial charge in [0.1, 0.15) is 0 Å². The molecule has 0 aromatic heterocycles. The van der Waals surface area contributed by atoms with E-state index in [-0.39, 0.29) is 0 Å². The third-order valence-electron chi connectivity index (χ3n) is 2.33. The van der Waals surface area contributed by atoms with Crippen molar-refractivity contribution in [3.05, 3.63) is 0 Å². The average Bonchev–Trinajstić information content (AvgIpc) is 2.35. The molecule has 1 heterocycles. The molecule has 1 rings (SSSR count). The quantitative estimate of drug-likeness (QED) is 0.597. The maximum absolute atomic E-state index is 9.73. The fourth-order valence-corrected chi connectivity index (χ4v) is 1.61. The van der Waals surface area contributed by atoms with Gasteiger partial charge in [0.2, 0.25) is 0 Å². The molecular weight excluding hydrogens is 140 g/mol. The molecule has 3 N–H and O–H groups in total. The molecule has 0 saturated carbocycles. The van der Waals surface area contributed by atoms with Crippen molar-refractivity contribution in [3.63, 3.8) is 0 Å². The van der Waals surface area contributed by atoms with Gasteiger partial charge in [-0.2, -0.15) is 0 Å². The maximum atomic E-state index is 9.73. The van der Waals surface area contributed by atoms with Crippen LogP contribution in [0.15, 0.2) is 0 Å². The lowest BCUT2D eigenvalue weighted by atomic mass is 10.0. The lowest BCUT2D eigenvalue weighted by Crippen LogP contribution is -2.40. The van der Waals surface area contributed by atoms with E-state index in [9.17, 15) is 5.11 Å². The Hall–Kier alpha value is -0.120. The Kier molecular flexibility index (Phi) is 2.87. The number of aliphatic hydroxyl groups is 1. The summed E-state index contributed by atoms with van der Waals surface area (Å²) in [6, 6.07) is 0. The molecule has 0 radical (unpaired) electrons. The van der Waals surface area contributed by atoms with Crippen LogP contribution in [0.1, 0.15) is 19.8 Å². The van der Waals surface area contributed by atoms with E-state index >= 15 is 0 Å². The molecule has 66 valence electrons. The average molecular weight is 158 g/mol. The summed E-state index contributed by atoms with van der Waals surface area (Å²) in [6.07, 6.45) is 1.99. The largest absolute Gasteiger partial charge is 0.387 e. The Morgan fingerprint density at radius 1 is 1.64 bits per heavy atom. The molecule has 1 atom stereocenters. The van der Waals surface area contributed by atoms with Crippen LogP contribution in [0.2, 0.25) is 0 Å². The summed E-state index contributed by atoms with van der Waals surface area (Å²) >= 11 is 0. The first-order valence-electron chi connectivity index (χ1n) is 4.35. The summed E-state index contributed by atoms with van der Waals surface area (Å²) in [4.78, 5) is 2.27. The van der Waals surface area contributed by atoms with E-state index in [2.05, 4.69) is 11.8 Å². The number of nitrogens with two attached hydrogens (primary N) is 1. The van der Waals surface area contributed by atoms with E-state index in [0.717, 1.165) is 32.5 Å². The van der Waals surface area contributed by atoms with Gasteiger partial charge < -0.3 is 15.7 Å². The van der Waals surface area contributed by atoms with E-state index in [0.29, 0.717) is 6.54 Å². The predicted octanol–water partition coefficient (Wildman–Crippen LogP) is -0.208. The number of β-amino-alcohol motifs (C(OH)–C–C–N with tert-alkyl or cyclic N) is 1. The minimum Gasteiger partial charge on any atom is -0.387 e. The number of likely N-dealkylation sites (tertiary alicyclic amines) is 1. The standard InChI is InChI=1S/C8H18N2O/c1-2-4-10-5-3-8(11,6-9)7-10/h11H,2-7,9H2,1H3. The Morgan fingerprint density at radius 2 is 2.36 bits per heavy atom. The topological polar surface area (TPSA) is 49.5 Å². The van der Waals surface area contributed by atoms with Crippen molar-refractivity contribution < 1.29 is 5.11 Å². The zero-order chi connectivity index (χ0) is 8.32. The molecule has 0 aromatic carbocycles. The summed E-state index contributed by atoms with van der Waals surface area (Å²) in [5.41, 5.74) is 4.86. The van der Waals surface area contributed by atoms with Crippen LogP contribution < -0.4 is 5.73 Å². The van der Waals surface area contributed by atoms with Crippen LogP contribution >= 0.6 is 0 Å². The number of nitrogens with zero attached hydrogens (tertiary/aromatic N) is 1. The third kappa shape index (κ3) is 2.15. The van der Waals surface area contributed by atoms with Crippen LogP contribution in [0.4, 0.5) is 0 Å². The summed E-state index contributed by atoms with van der Waals surface area (Å²) < 4.78 is 0. The minimum absolute atomic E-state index is 0.396. The first-order chi connectivity index (χ1) is 5.20. The van der Waals surface area contributed by atoms with Gasteiger partial charge in [-0.05, 0) is 19.4 Å². The Morgan fingerprint density at radius 3 is 2.82 bits per heavy atom. The highest BCUT2D eigenvalue weighted by atomic mass is 16.3. The SMILES string of the molecule is CCCN1CCC(O)(CN)C1. The molecule has 0 aromatic rings. The van der Waals surface area contributed by atoms with Crippen molar-refractivity contribution in [3.8, 4) is 0 Å². The van der Waals surface area contributed by atoms with Crippen molar-refractivity contribution in [2.24, 2.45) is 5.73 Å². The molecule has 0 amide bonds. The second-order valence-corrected chi connectivity index (χ2v) is 3.45. The Bertz CT molecular complexity index is 129. The summed E-state index contributed by atoms with van der Waals surface area (Å²) in [7, 11) is 0. The van der Waals surface area contributed by atoms with Gasteiger partial charge in [-0.15, -0.1) is 0 Å². The van der Waals surface area contributed by atoms with E-state index in [1.807, 2.05) is 0 Å². The van der Waals surface area contributed by atoms with Gasteiger partial charge in [-0.1, -0.05) is 6.92 Å². The molecule has 0 bridgehead atoms. The highest BCUT2D eigenvalue weighted by Gasteiger charge is 2.33. The molecule has 3 heteroatoms. The predicted molar refractivity (Wildman–Crippen MR) is 45.4 cm³/mol. The van der Waals surface area contributed by atoms with Gasteiger partial charge in [-0.3, -0.25) is 0 Å². The van der Waals surface area contributed by atoms with Crippen LogP contribution in [-0.2, 0) is 0 Å². The lowest BCUT2D eigenvalue weighted by Gasteiger charge is -2.20. The fourth-order valence-electron chi connectivity index (χ4n) is 1.61. The highest BCUT2D eigenvalue weighted by molar-refractivity contribution is 4.90. The zero-order valence-electron chi connectivity index (χ0n) is 7.21. The second kappa shape index (κ2) is 3.52. The highest BCUT2D eigenvalue weighted by Crippen LogP contribution is 2.19. The fraction of sp³-hybridized carbons (Fsp3) is 1.00. The maximum Gasteiger partial charge on any atom is 0.0907 e. The van der Waals surface area contributed by atoms with Gasteiger partial charge in [0.25, 0.3) is 0 Å². The lowest BCUT2D eigenvalue weighted by molar-refractivity contribution is 0.0582. The van der Waals surface area contributed by atoms with Crippen molar-refractivity contribution in [1.29, 1.82) is 0 Å². The summed E-state index contributed by atoms with van der Waals surface area (Å²) in [5, 5.41) is 9.73. The monoisotopic (exact) mass is 158 g/mol. The van der Waals surface area contributed by atoms with Crippen LogP contribution in [0, 0.1) is 0 Å². The van der Waals surface area contributed by atoms with Crippen molar-refractivity contribution in [2.75, 3.05) is 26.2 Å². The number of hydrogen-bond acceptors (Lipinski definition) is 3. The van der Waals surface area contributed by atoms with Crippen LogP contribution in [0.3, 0.4) is 0 Å². The van der Waals surface area contributed by atoms with E-state index < -0.39 is 5.60 Å². The molecule has 0 aliphatic carbocycles. The van der Waals surface area contributed by atoms with Crippen molar-refractivity contribution in [1.82, 2.24) is 4.90 Å². The first-order valence-corrected chi connectivity index (χ1v) is 4.35. The number of hydrogen-bond donors (Lipinski definition) is 2. The Balaban J connectivity index is 2.33. The summed E-state index contributed by atoms with van der Waals surface area (Å²) in [6.45, 7) is 5.40. The molecule has 1 aliphatic rings. The van der Waals surface area contributed by atoms with Gasteiger partial charge in [0, 0.05) is 19.6 Å². The molecule has 1 unspecified atom stereocenters. The third-order valence-corrected chi connectivity index (χ3v) is 2.33. The molecular formula is C8H18N2O. The van der Waals surface area contributed by atoms with Gasteiger partial charge in [0.15, 0.2) is 0 Å². The van der Waals surface area contributed by atoms with Crippen LogP contribution in [0.5, 0.6) is 0 Å². The van der Waals surface area contributed by atoms with E-state index in [4.69, 9.17) is 5.73 Å². The van der Waals surface area contributed by atoms with Gasteiger partial charge in [-0.25, -0.2) is 0 Å². The second-order valence-electron chi connectivity index (χ2n) is 3.45. The van der Waals surface area contributed by atoms with Gasteiger partial charge in [0.05, 0.1) is 5.60 Å². The molecule has 0 spiro atoms. The van der Waals surface area contributed by atoms with Gasteiger partial charge >= 0.3 is 0 Å². The van der Waals surface area contributed by atoms with E-state index in [1.165, 1.54) is 0 Å². The van der Waals surface area contributed by atoms with Crippen molar-refractivity contribution >= 4 is 0 Å². The smallest absolute Gasteiger partial charge is 0.0907 e. The molecule has 11 heavy (non-hydrogen) atoms. The molecule has 3 nitrogen and oxygen atoms in total. The molecule has 1 saturated heterocycles. The minimum atomic E-state index is -0.588. The Labute approximate surface area is 68.2 Å².